The van der Waals surface area contributed by atoms with Crippen LogP contribution in [0.4, 0.5) is 0 Å². The summed E-state index contributed by atoms with van der Waals surface area (Å²) >= 11 is 11.9. The largest absolute Gasteiger partial charge is 0.482 e. The van der Waals surface area contributed by atoms with Crippen LogP contribution in [0.3, 0.4) is 0 Å². The van der Waals surface area contributed by atoms with E-state index in [0.717, 1.165) is 0 Å². The number of benzene rings is 2. The maximum absolute atomic E-state index is 12.5. The highest BCUT2D eigenvalue weighted by molar-refractivity contribution is 6.35. The van der Waals surface area contributed by atoms with Crippen molar-refractivity contribution in [1.29, 1.82) is 0 Å². The summed E-state index contributed by atoms with van der Waals surface area (Å²) in [6, 6.07) is 12.7. The van der Waals surface area contributed by atoms with Crippen LogP contribution in [0.1, 0.15) is 48.5 Å². The van der Waals surface area contributed by atoms with Gasteiger partial charge in [0, 0.05) is 29.7 Å². The van der Waals surface area contributed by atoms with Gasteiger partial charge in [-0.15, -0.1) is 0 Å². The van der Waals surface area contributed by atoms with Gasteiger partial charge in [-0.2, -0.15) is 0 Å². The van der Waals surface area contributed by atoms with Gasteiger partial charge >= 0.3 is 0 Å². The van der Waals surface area contributed by atoms with E-state index in [1.165, 1.54) is 5.56 Å². The van der Waals surface area contributed by atoms with Gasteiger partial charge < -0.3 is 15.0 Å². The lowest BCUT2D eigenvalue weighted by molar-refractivity contribution is -0.134. The monoisotopic (exact) mass is 448 g/mol. The Morgan fingerprint density at radius 1 is 1.10 bits per heavy atom. The molecule has 0 atom stereocenters. The third-order valence-corrected chi connectivity index (χ3v) is 5.80. The Morgan fingerprint density at radius 2 is 1.77 bits per heavy atom. The van der Waals surface area contributed by atoms with Crippen LogP contribution < -0.4 is 10.1 Å². The molecule has 1 fully saturated rings. The van der Waals surface area contributed by atoms with Gasteiger partial charge in [-0.1, -0.05) is 49.2 Å². The molecule has 0 bridgehead atoms. The van der Waals surface area contributed by atoms with Gasteiger partial charge in [0.25, 0.3) is 11.8 Å². The summed E-state index contributed by atoms with van der Waals surface area (Å²) in [5.41, 5.74) is 1.87. The Kier molecular flexibility index (Phi) is 7.62. The molecule has 3 rings (SSSR count). The molecule has 160 valence electrons. The second-order valence-corrected chi connectivity index (χ2v) is 8.61. The number of carbonyl (C=O) groups excluding carboxylic acids is 2. The molecule has 0 aromatic heterocycles. The van der Waals surface area contributed by atoms with E-state index in [1.807, 2.05) is 24.3 Å². The molecular weight excluding hydrogens is 423 g/mol. The molecule has 0 aliphatic carbocycles. The number of hydrogen-bond acceptors (Lipinski definition) is 3. The maximum Gasteiger partial charge on any atom is 0.260 e. The molecule has 5 nitrogen and oxygen atoms in total. The zero-order valence-electron chi connectivity index (χ0n) is 17.2. The van der Waals surface area contributed by atoms with Gasteiger partial charge in [-0.25, -0.2) is 0 Å². The van der Waals surface area contributed by atoms with Gasteiger partial charge in [0.2, 0.25) is 0 Å². The average molecular weight is 449 g/mol. The summed E-state index contributed by atoms with van der Waals surface area (Å²) in [7, 11) is 0. The third kappa shape index (κ3) is 5.89. The minimum atomic E-state index is -0.102. The van der Waals surface area contributed by atoms with E-state index in [9.17, 15) is 9.59 Å². The normalized spacial score (nSPS) is 14.6. The summed E-state index contributed by atoms with van der Waals surface area (Å²) in [6.45, 7) is 5.32. The number of nitrogens with one attached hydrogen (secondary N) is 1. The fourth-order valence-corrected chi connectivity index (χ4v) is 3.85. The van der Waals surface area contributed by atoms with Gasteiger partial charge in [-0.3, -0.25) is 9.59 Å². The predicted molar refractivity (Wildman–Crippen MR) is 120 cm³/mol. The molecule has 0 spiro atoms. The number of ether oxygens (including phenoxy) is 1. The maximum atomic E-state index is 12.5. The van der Waals surface area contributed by atoms with E-state index in [1.54, 1.807) is 23.1 Å². The SMILES string of the molecule is CC(C)c1ccc(C(=O)NC2CCN(C(=O)COc3ccc(Cl)cc3Cl)CC2)cc1. The fraction of sp³-hybridized carbons (Fsp3) is 0.391. The third-order valence-electron chi connectivity index (χ3n) is 5.27. The van der Waals surface area contributed by atoms with Crippen molar-refractivity contribution in [2.45, 2.75) is 38.6 Å². The zero-order valence-corrected chi connectivity index (χ0v) is 18.7. The second kappa shape index (κ2) is 10.2. The Labute approximate surface area is 187 Å². The molecule has 30 heavy (non-hydrogen) atoms. The highest BCUT2D eigenvalue weighted by atomic mass is 35.5. The minimum absolute atomic E-state index is 0.0537. The highest BCUT2D eigenvalue weighted by Gasteiger charge is 2.24. The number of halogens is 2. The van der Waals surface area contributed by atoms with E-state index in [2.05, 4.69) is 19.2 Å². The summed E-state index contributed by atoms with van der Waals surface area (Å²) in [6.07, 6.45) is 1.42. The number of carbonyl (C=O) groups is 2. The molecule has 1 aliphatic heterocycles. The van der Waals surface area contributed by atoms with Crippen LogP contribution in [-0.4, -0.2) is 42.5 Å². The molecule has 2 aromatic rings. The Balaban J connectivity index is 1.44. The van der Waals surface area contributed by atoms with Crippen molar-refractivity contribution < 1.29 is 14.3 Å². The van der Waals surface area contributed by atoms with Crippen LogP contribution in [0.5, 0.6) is 5.75 Å². The molecule has 1 N–H and O–H groups in total. The van der Waals surface area contributed by atoms with Gasteiger partial charge in [0.15, 0.2) is 6.61 Å². The Bertz CT molecular complexity index is 892. The van der Waals surface area contributed by atoms with Gasteiger partial charge in [0.05, 0.1) is 5.02 Å². The number of likely N-dealkylation sites (tertiary alicyclic amines) is 1. The first kappa shape index (κ1) is 22.4. The lowest BCUT2D eigenvalue weighted by atomic mass is 10.0. The number of nitrogens with zero attached hydrogens (tertiary/aromatic N) is 1. The smallest absolute Gasteiger partial charge is 0.260 e. The summed E-state index contributed by atoms with van der Waals surface area (Å²) < 4.78 is 5.53. The summed E-state index contributed by atoms with van der Waals surface area (Å²) in [5, 5.41) is 3.96. The number of hydrogen-bond donors (Lipinski definition) is 1. The topological polar surface area (TPSA) is 58.6 Å². The lowest BCUT2D eigenvalue weighted by Gasteiger charge is -2.32. The van der Waals surface area contributed by atoms with Gasteiger partial charge in [-0.05, 0) is 54.7 Å². The summed E-state index contributed by atoms with van der Waals surface area (Å²) in [5.74, 6) is 0.689. The molecular formula is C23H26Cl2N2O3. The van der Waals surface area contributed by atoms with Crippen molar-refractivity contribution in [2.24, 2.45) is 0 Å². The molecule has 2 aromatic carbocycles. The minimum Gasteiger partial charge on any atom is -0.482 e. The van der Waals surface area contributed by atoms with Crippen molar-refractivity contribution in [2.75, 3.05) is 19.7 Å². The first-order valence-electron chi connectivity index (χ1n) is 10.1. The zero-order chi connectivity index (χ0) is 21.7. The molecule has 2 amide bonds. The van der Waals surface area contributed by atoms with Crippen molar-refractivity contribution in [3.63, 3.8) is 0 Å². The fourth-order valence-electron chi connectivity index (χ4n) is 3.38. The van der Waals surface area contributed by atoms with Crippen molar-refractivity contribution >= 4 is 35.0 Å². The van der Waals surface area contributed by atoms with E-state index < -0.39 is 0 Å². The van der Waals surface area contributed by atoms with Gasteiger partial charge in [0.1, 0.15) is 5.75 Å². The van der Waals surface area contributed by atoms with E-state index in [-0.39, 0.29) is 24.5 Å². The van der Waals surface area contributed by atoms with Crippen LogP contribution in [0, 0.1) is 0 Å². The second-order valence-electron chi connectivity index (χ2n) is 7.77. The standard InChI is InChI=1S/C23H26Cl2N2O3/c1-15(2)16-3-5-17(6-4-16)23(29)26-19-9-11-27(12-10-19)22(28)14-30-21-8-7-18(24)13-20(21)25/h3-8,13,15,19H,9-12,14H2,1-2H3,(H,26,29). The Morgan fingerprint density at radius 3 is 2.37 bits per heavy atom. The number of amides is 2. The van der Waals surface area contributed by atoms with Crippen LogP contribution >= 0.6 is 23.2 Å². The number of piperidine rings is 1. The Hall–Kier alpha value is -2.24. The van der Waals surface area contributed by atoms with E-state index in [4.69, 9.17) is 27.9 Å². The van der Waals surface area contributed by atoms with Crippen LogP contribution in [0.25, 0.3) is 0 Å². The first-order chi connectivity index (χ1) is 14.3. The van der Waals surface area contributed by atoms with E-state index >= 15 is 0 Å². The highest BCUT2D eigenvalue weighted by Crippen LogP contribution is 2.27. The molecule has 1 saturated heterocycles. The molecule has 0 radical (unpaired) electrons. The molecule has 7 heteroatoms. The van der Waals surface area contributed by atoms with Crippen LogP contribution in [0.2, 0.25) is 10.0 Å². The average Bonchev–Trinajstić information content (AvgIpc) is 2.73. The predicted octanol–water partition coefficient (Wildman–Crippen LogP) is 4.92. The van der Waals surface area contributed by atoms with Crippen LogP contribution in [0.15, 0.2) is 42.5 Å². The lowest BCUT2D eigenvalue weighted by Crippen LogP contribution is -2.47. The van der Waals surface area contributed by atoms with E-state index in [0.29, 0.717) is 53.2 Å². The summed E-state index contributed by atoms with van der Waals surface area (Å²) in [4.78, 5) is 26.7. The molecule has 1 aliphatic rings. The first-order valence-corrected chi connectivity index (χ1v) is 10.9. The van der Waals surface area contributed by atoms with Crippen molar-refractivity contribution in [3.05, 3.63) is 63.6 Å². The van der Waals surface area contributed by atoms with Crippen LogP contribution in [-0.2, 0) is 4.79 Å². The molecule has 0 unspecified atom stereocenters. The van der Waals surface area contributed by atoms with Crippen molar-refractivity contribution in [1.82, 2.24) is 10.2 Å². The quantitative estimate of drug-likeness (QED) is 0.682. The number of rotatable bonds is 6. The molecule has 0 saturated carbocycles. The molecule has 1 heterocycles. The van der Waals surface area contributed by atoms with Crippen molar-refractivity contribution in [3.8, 4) is 5.75 Å².